The van der Waals surface area contributed by atoms with Crippen LogP contribution in [0.25, 0.3) is 28.0 Å². The summed E-state index contributed by atoms with van der Waals surface area (Å²) in [5.41, 5.74) is 2.96. The molecule has 1 aromatic heterocycles. The van der Waals surface area contributed by atoms with Crippen LogP contribution >= 0.6 is 0 Å². The minimum absolute atomic E-state index is 0.217. The first-order chi connectivity index (χ1) is 11.6. The molecule has 120 valence electrons. The molecule has 8 heteroatoms. The van der Waals surface area contributed by atoms with E-state index in [-0.39, 0.29) is 11.1 Å². The molecule has 0 amide bonds. The molecule has 0 bridgehead atoms. The number of rotatable bonds is 2. The Balaban J connectivity index is 1.97. The first-order valence-corrected chi connectivity index (χ1v) is 7.22. The van der Waals surface area contributed by atoms with Crippen LogP contribution in [-0.2, 0) is 4.74 Å². The lowest BCUT2D eigenvalue weighted by Gasteiger charge is -2.11. The van der Waals surface area contributed by atoms with Crippen LogP contribution in [0.2, 0.25) is 0 Å². The van der Waals surface area contributed by atoms with Crippen molar-refractivity contribution >= 4 is 17.0 Å². The third-order valence-electron chi connectivity index (χ3n) is 3.85. The highest BCUT2D eigenvalue weighted by Gasteiger charge is 2.22. The molecule has 1 aromatic carbocycles. The van der Waals surface area contributed by atoms with Gasteiger partial charge in [0.05, 0.1) is 23.7 Å². The summed E-state index contributed by atoms with van der Waals surface area (Å²) in [6.45, 7) is 1.88. The van der Waals surface area contributed by atoms with E-state index in [4.69, 9.17) is 4.74 Å². The van der Waals surface area contributed by atoms with Crippen LogP contribution in [0.4, 0.5) is 0 Å². The Morgan fingerprint density at radius 1 is 1.29 bits per heavy atom. The van der Waals surface area contributed by atoms with Crippen molar-refractivity contribution in [1.82, 2.24) is 24.7 Å². The lowest BCUT2D eigenvalue weighted by atomic mass is 10.1. The SMILES string of the molecule is COC(=O)c1cn(-c2ccc3nc(C)[nH]c3c2)cc2c(=O)[nH]nc1-2. The van der Waals surface area contributed by atoms with Gasteiger partial charge in [0.15, 0.2) is 0 Å². The Morgan fingerprint density at radius 3 is 2.92 bits per heavy atom. The predicted molar refractivity (Wildman–Crippen MR) is 86.5 cm³/mol. The lowest BCUT2D eigenvalue weighted by Crippen LogP contribution is -2.11. The average Bonchev–Trinajstić information content (AvgIpc) is 3.14. The molecule has 8 nitrogen and oxygen atoms in total. The summed E-state index contributed by atoms with van der Waals surface area (Å²) < 4.78 is 6.49. The van der Waals surface area contributed by atoms with Crippen molar-refractivity contribution in [1.29, 1.82) is 0 Å². The van der Waals surface area contributed by atoms with Crippen LogP contribution in [0.15, 0.2) is 35.4 Å². The third kappa shape index (κ3) is 2.08. The van der Waals surface area contributed by atoms with E-state index < -0.39 is 5.97 Å². The summed E-state index contributed by atoms with van der Waals surface area (Å²) >= 11 is 0. The lowest BCUT2D eigenvalue weighted by molar-refractivity contribution is 0.0600. The average molecular weight is 323 g/mol. The maximum absolute atomic E-state index is 12.0. The maximum atomic E-state index is 12.0. The van der Waals surface area contributed by atoms with Gasteiger partial charge in [-0.15, -0.1) is 0 Å². The number of carbonyl (C=O) groups is 1. The van der Waals surface area contributed by atoms with Gasteiger partial charge in [0.25, 0.3) is 5.56 Å². The minimum atomic E-state index is -0.556. The quantitative estimate of drug-likeness (QED) is 0.545. The number of aryl methyl sites for hydroxylation is 1. The van der Waals surface area contributed by atoms with Crippen molar-refractivity contribution in [2.24, 2.45) is 0 Å². The number of fused-ring (bicyclic) bond motifs is 2. The second kappa shape index (κ2) is 5.05. The summed E-state index contributed by atoms with van der Waals surface area (Å²) in [6.07, 6.45) is 3.23. The Morgan fingerprint density at radius 2 is 2.12 bits per heavy atom. The molecule has 2 aromatic rings. The number of imidazole rings is 1. The Kier molecular flexibility index (Phi) is 2.99. The van der Waals surface area contributed by atoms with E-state index in [0.29, 0.717) is 11.3 Å². The normalized spacial score (nSPS) is 11.2. The van der Waals surface area contributed by atoms with Gasteiger partial charge in [-0.1, -0.05) is 0 Å². The fourth-order valence-corrected chi connectivity index (χ4v) is 2.73. The molecule has 4 rings (SSSR count). The smallest absolute Gasteiger partial charge is 0.341 e. The van der Waals surface area contributed by atoms with Crippen molar-refractivity contribution in [3.63, 3.8) is 0 Å². The van der Waals surface area contributed by atoms with Crippen LogP contribution in [0.5, 0.6) is 0 Å². The number of nitrogens with one attached hydrogen (secondary N) is 2. The second-order valence-electron chi connectivity index (χ2n) is 5.41. The van der Waals surface area contributed by atoms with E-state index in [0.717, 1.165) is 22.5 Å². The van der Waals surface area contributed by atoms with Crippen molar-refractivity contribution in [2.75, 3.05) is 7.11 Å². The summed E-state index contributed by atoms with van der Waals surface area (Å²) in [6, 6.07) is 5.63. The number of hydrogen-bond acceptors (Lipinski definition) is 5. The largest absolute Gasteiger partial charge is 0.465 e. The number of methoxy groups -OCH3 is 1. The predicted octanol–water partition coefficient (Wildman–Crippen LogP) is 1.64. The van der Waals surface area contributed by atoms with Gasteiger partial charge in [-0.25, -0.2) is 14.9 Å². The highest BCUT2D eigenvalue weighted by Crippen LogP contribution is 2.24. The molecule has 0 fully saturated rings. The molecule has 2 aliphatic rings. The topological polar surface area (TPSA) is 106 Å². The van der Waals surface area contributed by atoms with Crippen LogP contribution in [-0.4, -0.2) is 37.8 Å². The number of H-pyrrole nitrogens is 2. The molecule has 0 saturated heterocycles. The van der Waals surface area contributed by atoms with Crippen molar-refractivity contribution in [2.45, 2.75) is 6.92 Å². The van der Waals surface area contributed by atoms with Crippen LogP contribution in [0.1, 0.15) is 16.2 Å². The van der Waals surface area contributed by atoms with E-state index in [1.54, 1.807) is 17.0 Å². The third-order valence-corrected chi connectivity index (χ3v) is 3.85. The summed E-state index contributed by atoms with van der Waals surface area (Å²) in [5, 5.41) is 6.27. The standard InChI is InChI=1S/C16H13N5O3/c1-8-17-12-4-3-9(5-13(12)18-8)21-6-10-14(19-20-15(10)22)11(7-21)16(23)24-2/h3-7H,1-2H3,(H,17,18)(H,20,22). The van der Waals surface area contributed by atoms with Gasteiger partial charge < -0.3 is 14.3 Å². The zero-order chi connectivity index (χ0) is 16.8. The van der Waals surface area contributed by atoms with Gasteiger partial charge in [0.2, 0.25) is 0 Å². The molecule has 2 aliphatic heterocycles. The fourth-order valence-electron chi connectivity index (χ4n) is 2.73. The number of pyridine rings is 1. The van der Waals surface area contributed by atoms with Gasteiger partial charge in [0, 0.05) is 18.1 Å². The highest BCUT2D eigenvalue weighted by molar-refractivity contribution is 5.96. The number of carbonyl (C=O) groups excluding carboxylic acids is 1. The zero-order valence-corrected chi connectivity index (χ0v) is 13.0. The second-order valence-corrected chi connectivity index (χ2v) is 5.41. The van der Waals surface area contributed by atoms with Crippen molar-refractivity contribution in [3.05, 3.63) is 52.3 Å². The molecule has 0 atom stereocenters. The number of nitrogens with zero attached hydrogens (tertiary/aromatic N) is 3. The molecule has 0 radical (unpaired) electrons. The molecule has 0 spiro atoms. The molecule has 0 unspecified atom stereocenters. The summed E-state index contributed by atoms with van der Waals surface area (Å²) in [7, 11) is 1.29. The van der Waals surface area contributed by atoms with E-state index in [1.165, 1.54) is 7.11 Å². The van der Waals surface area contributed by atoms with E-state index in [9.17, 15) is 9.59 Å². The number of aromatic amines is 2. The van der Waals surface area contributed by atoms with Gasteiger partial charge in [-0.3, -0.25) is 4.79 Å². The minimum Gasteiger partial charge on any atom is -0.465 e. The van der Waals surface area contributed by atoms with Gasteiger partial charge in [-0.2, -0.15) is 5.10 Å². The summed E-state index contributed by atoms with van der Waals surface area (Å²) in [4.78, 5) is 31.5. The van der Waals surface area contributed by atoms with E-state index in [1.807, 2.05) is 25.1 Å². The number of aromatic nitrogens is 5. The fraction of sp³-hybridized carbons (Fsp3) is 0.125. The van der Waals surface area contributed by atoms with Gasteiger partial charge >= 0.3 is 5.97 Å². The van der Waals surface area contributed by atoms with Crippen molar-refractivity contribution in [3.8, 4) is 16.9 Å². The molecule has 24 heavy (non-hydrogen) atoms. The van der Waals surface area contributed by atoms with E-state index >= 15 is 0 Å². The maximum Gasteiger partial charge on any atom is 0.341 e. The van der Waals surface area contributed by atoms with Gasteiger partial charge in [-0.05, 0) is 25.1 Å². The number of hydrogen-bond donors (Lipinski definition) is 2. The molecule has 0 aliphatic carbocycles. The molecule has 0 saturated carbocycles. The monoisotopic (exact) mass is 323 g/mol. The van der Waals surface area contributed by atoms with Crippen LogP contribution < -0.4 is 5.56 Å². The van der Waals surface area contributed by atoms with Crippen LogP contribution in [0, 0.1) is 6.92 Å². The Labute approximate surface area is 135 Å². The number of ether oxygens (including phenoxy) is 1. The number of esters is 1. The summed E-state index contributed by atoms with van der Waals surface area (Å²) in [5.74, 6) is 0.258. The molecule has 3 heterocycles. The molecular formula is C16H13N5O3. The van der Waals surface area contributed by atoms with Crippen molar-refractivity contribution < 1.29 is 9.53 Å². The molecular weight excluding hydrogens is 310 g/mol. The number of benzene rings is 1. The van der Waals surface area contributed by atoms with Gasteiger partial charge in [0.1, 0.15) is 17.1 Å². The zero-order valence-electron chi connectivity index (χ0n) is 13.0. The first-order valence-electron chi connectivity index (χ1n) is 7.22. The Bertz CT molecular complexity index is 1100. The first kappa shape index (κ1) is 14.2. The van der Waals surface area contributed by atoms with Crippen LogP contribution in [0.3, 0.4) is 0 Å². The van der Waals surface area contributed by atoms with E-state index in [2.05, 4.69) is 20.2 Å². The molecule has 2 N–H and O–H groups in total. The Hall–Kier alpha value is -3.42. The highest BCUT2D eigenvalue weighted by atomic mass is 16.5.